The lowest BCUT2D eigenvalue weighted by atomic mass is 10.1. The van der Waals surface area contributed by atoms with Crippen LogP contribution >= 0.6 is 0 Å². The fourth-order valence-corrected chi connectivity index (χ4v) is 4.10. The first-order chi connectivity index (χ1) is 10.4. The third-order valence-electron chi connectivity index (χ3n) is 3.63. The molecule has 0 aromatic heterocycles. The van der Waals surface area contributed by atoms with E-state index in [4.69, 9.17) is 5.11 Å². The molecule has 0 spiro atoms. The molecule has 1 N–H and O–H groups in total. The van der Waals surface area contributed by atoms with Gasteiger partial charge < -0.3 is 10.0 Å². The van der Waals surface area contributed by atoms with Crippen LogP contribution in [-0.2, 0) is 19.6 Å². The maximum Gasteiger partial charge on any atom is 0.305 e. The smallest absolute Gasteiger partial charge is 0.305 e. The molecule has 1 aromatic carbocycles. The average Bonchev–Trinajstić information content (AvgIpc) is 2.49. The van der Waals surface area contributed by atoms with Crippen LogP contribution in [0.2, 0.25) is 0 Å². The van der Waals surface area contributed by atoms with Crippen LogP contribution in [0, 0.1) is 0 Å². The predicted molar refractivity (Wildman–Crippen MR) is 78.6 cm³/mol. The number of hydrogen-bond donors (Lipinski definition) is 1. The zero-order valence-corrected chi connectivity index (χ0v) is 13.0. The van der Waals surface area contributed by atoms with Gasteiger partial charge in [-0.25, -0.2) is 8.42 Å². The summed E-state index contributed by atoms with van der Waals surface area (Å²) < 4.78 is 26.4. The number of piperazine rings is 1. The fraction of sp³-hybridized carbons (Fsp3) is 0.429. The van der Waals surface area contributed by atoms with Crippen molar-refractivity contribution < 1.29 is 23.1 Å². The predicted octanol–water partition coefficient (Wildman–Crippen LogP) is 0.383. The Morgan fingerprint density at radius 1 is 1.27 bits per heavy atom. The summed E-state index contributed by atoms with van der Waals surface area (Å²) in [7, 11) is -3.90. The maximum absolute atomic E-state index is 12.7. The van der Waals surface area contributed by atoms with Crippen LogP contribution in [0.3, 0.4) is 0 Å². The molecule has 1 aliphatic rings. The second-order valence-corrected chi connectivity index (χ2v) is 6.85. The molecule has 0 saturated carbocycles. The Kier molecular flexibility index (Phi) is 4.82. The highest BCUT2D eigenvalue weighted by molar-refractivity contribution is 7.89. The van der Waals surface area contributed by atoms with Crippen molar-refractivity contribution in [1.82, 2.24) is 9.21 Å². The van der Waals surface area contributed by atoms with Gasteiger partial charge in [-0.2, -0.15) is 4.31 Å². The zero-order valence-electron chi connectivity index (χ0n) is 12.2. The Morgan fingerprint density at radius 3 is 2.45 bits per heavy atom. The molecule has 1 aliphatic heterocycles. The Bertz CT molecular complexity index is 659. The summed E-state index contributed by atoms with van der Waals surface area (Å²) in [6.45, 7) is 2.55. The quantitative estimate of drug-likeness (QED) is 0.844. The molecule has 0 radical (unpaired) electrons. The van der Waals surface area contributed by atoms with E-state index in [1.54, 1.807) is 25.1 Å². The SMILES string of the molecule is CCN1CCN(S(=O)(=O)c2ccccc2)C(CC(=O)O)C1=O. The van der Waals surface area contributed by atoms with Crippen LogP contribution in [0.15, 0.2) is 35.2 Å². The summed E-state index contributed by atoms with van der Waals surface area (Å²) in [4.78, 5) is 24.9. The lowest BCUT2D eigenvalue weighted by Gasteiger charge is -2.38. The molecule has 120 valence electrons. The van der Waals surface area contributed by atoms with Crippen LogP contribution in [0.4, 0.5) is 0 Å². The number of nitrogens with zero attached hydrogens (tertiary/aromatic N) is 2. The highest BCUT2D eigenvalue weighted by Gasteiger charge is 2.42. The third kappa shape index (κ3) is 3.12. The lowest BCUT2D eigenvalue weighted by molar-refractivity contribution is -0.146. The number of aliphatic carboxylic acids is 1. The third-order valence-corrected chi connectivity index (χ3v) is 5.56. The van der Waals surface area contributed by atoms with Gasteiger partial charge in [-0.15, -0.1) is 0 Å². The van der Waals surface area contributed by atoms with Gasteiger partial charge in [0.15, 0.2) is 0 Å². The summed E-state index contributed by atoms with van der Waals surface area (Å²) in [5.41, 5.74) is 0. The molecule has 1 fully saturated rings. The number of carboxylic acids is 1. The summed E-state index contributed by atoms with van der Waals surface area (Å²) in [6, 6.07) is 6.53. The van der Waals surface area contributed by atoms with E-state index in [9.17, 15) is 18.0 Å². The molecule has 0 bridgehead atoms. The average molecular weight is 326 g/mol. The van der Waals surface area contributed by atoms with Crippen molar-refractivity contribution in [3.8, 4) is 0 Å². The summed E-state index contributed by atoms with van der Waals surface area (Å²) in [6.07, 6.45) is -0.540. The first kappa shape index (κ1) is 16.4. The molecule has 2 rings (SSSR count). The minimum Gasteiger partial charge on any atom is -0.481 e. The molecular formula is C14H18N2O5S. The van der Waals surface area contributed by atoms with E-state index in [1.165, 1.54) is 17.0 Å². The number of rotatable bonds is 5. The maximum atomic E-state index is 12.7. The molecule has 1 unspecified atom stereocenters. The zero-order chi connectivity index (χ0) is 16.3. The second kappa shape index (κ2) is 6.45. The monoisotopic (exact) mass is 326 g/mol. The van der Waals surface area contributed by atoms with E-state index in [1.807, 2.05) is 0 Å². The number of likely N-dealkylation sites (N-methyl/N-ethyl adjacent to an activating group) is 1. The van der Waals surface area contributed by atoms with Gasteiger partial charge >= 0.3 is 5.97 Å². The van der Waals surface area contributed by atoms with Gasteiger partial charge in [-0.3, -0.25) is 9.59 Å². The van der Waals surface area contributed by atoms with E-state index < -0.39 is 34.4 Å². The van der Waals surface area contributed by atoms with E-state index in [0.29, 0.717) is 6.54 Å². The minimum absolute atomic E-state index is 0.0585. The van der Waals surface area contributed by atoms with Crippen molar-refractivity contribution >= 4 is 21.9 Å². The number of sulfonamides is 1. The summed E-state index contributed by atoms with van der Waals surface area (Å²) in [5, 5.41) is 9.00. The Morgan fingerprint density at radius 2 is 1.91 bits per heavy atom. The molecule has 7 nitrogen and oxygen atoms in total. The van der Waals surface area contributed by atoms with Crippen molar-refractivity contribution in [2.45, 2.75) is 24.3 Å². The number of hydrogen-bond acceptors (Lipinski definition) is 4. The molecule has 0 aliphatic carbocycles. The number of carboxylic acid groups (broad SMARTS) is 1. The Hall–Kier alpha value is -1.93. The van der Waals surface area contributed by atoms with E-state index in [2.05, 4.69) is 0 Å². The number of amides is 1. The van der Waals surface area contributed by atoms with Crippen molar-refractivity contribution in [3.63, 3.8) is 0 Å². The highest BCUT2D eigenvalue weighted by Crippen LogP contribution is 2.23. The standard InChI is InChI=1S/C14H18N2O5S/c1-2-15-8-9-16(12(14(15)19)10-13(17)18)22(20,21)11-6-4-3-5-7-11/h3-7,12H,2,8-10H2,1H3,(H,17,18). The Labute approximate surface area is 129 Å². The molecule has 1 amide bonds. The number of carbonyl (C=O) groups excluding carboxylic acids is 1. The molecule has 1 aromatic rings. The topological polar surface area (TPSA) is 95.0 Å². The summed E-state index contributed by atoms with van der Waals surface area (Å²) >= 11 is 0. The molecule has 22 heavy (non-hydrogen) atoms. The van der Waals surface area contributed by atoms with Gasteiger partial charge in [0.05, 0.1) is 11.3 Å². The molecule has 1 heterocycles. The van der Waals surface area contributed by atoms with Gasteiger partial charge in [0.25, 0.3) is 0 Å². The molecule has 1 saturated heterocycles. The minimum atomic E-state index is -3.90. The van der Waals surface area contributed by atoms with E-state index >= 15 is 0 Å². The normalized spacial score (nSPS) is 20.1. The van der Waals surface area contributed by atoms with E-state index in [-0.39, 0.29) is 18.0 Å². The van der Waals surface area contributed by atoms with Crippen molar-refractivity contribution in [2.75, 3.05) is 19.6 Å². The second-order valence-electron chi connectivity index (χ2n) is 4.96. The van der Waals surface area contributed by atoms with Crippen LogP contribution in [0.5, 0.6) is 0 Å². The van der Waals surface area contributed by atoms with Crippen LogP contribution in [-0.4, -0.2) is 60.3 Å². The van der Waals surface area contributed by atoms with Gasteiger partial charge in [-0.1, -0.05) is 18.2 Å². The Balaban J connectivity index is 2.39. The highest BCUT2D eigenvalue weighted by atomic mass is 32.2. The van der Waals surface area contributed by atoms with Gasteiger partial charge in [-0.05, 0) is 19.1 Å². The van der Waals surface area contributed by atoms with Crippen LogP contribution in [0.1, 0.15) is 13.3 Å². The first-order valence-electron chi connectivity index (χ1n) is 6.95. The number of benzene rings is 1. The molecular weight excluding hydrogens is 308 g/mol. The van der Waals surface area contributed by atoms with Crippen molar-refractivity contribution in [3.05, 3.63) is 30.3 Å². The molecule has 1 atom stereocenters. The fourth-order valence-electron chi connectivity index (χ4n) is 2.50. The van der Waals surface area contributed by atoms with Crippen molar-refractivity contribution in [1.29, 1.82) is 0 Å². The largest absolute Gasteiger partial charge is 0.481 e. The van der Waals surface area contributed by atoms with Crippen LogP contribution < -0.4 is 0 Å². The lowest BCUT2D eigenvalue weighted by Crippen LogP contribution is -2.59. The number of carbonyl (C=O) groups is 2. The van der Waals surface area contributed by atoms with E-state index in [0.717, 1.165) is 4.31 Å². The van der Waals surface area contributed by atoms with Gasteiger partial charge in [0.1, 0.15) is 6.04 Å². The van der Waals surface area contributed by atoms with Crippen LogP contribution in [0.25, 0.3) is 0 Å². The molecule has 8 heteroatoms. The van der Waals surface area contributed by atoms with Gasteiger partial charge in [0.2, 0.25) is 15.9 Å². The van der Waals surface area contributed by atoms with Gasteiger partial charge in [0, 0.05) is 19.6 Å². The summed E-state index contributed by atoms with van der Waals surface area (Å²) in [5.74, 6) is -1.67. The first-order valence-corrected chi connectivity index (χ1v) is 8.39. The van der Waals surface area contributed by atoms with Crippen molar-refractivity contribution in [2.24, 2.45) is 0 Å².